The minimum absolute atomic E-state index is 0.571. The molecule has 96 valence electrons. The number of benzene rings is 2. The van der Waals surface area contributed by atoms with Crippen LogP contribution in [0.3, 0.4) is 0 Å². The predicted octanol–water partition coefficient (Wildman–Crippen LogP) is 3.68. The molecule has 0 radical (unpaired) electrons. The number of methoxy groups -OCH3 is 1. The number of nitrogens with zero attached hydrogens (tertiary/aromatic N) is 1. The molecule has 2 aromatic carbocycles. The first-order valence-corrected chi connectivity index (χ1v) is 6.55. The Morgan fingerprint density at radius 3 is 2.74 bits per heavy atom. The molecule has 0 fully saturated rings. The van der Waals surface area contributed by atoms with Crippen LogP contribution in [-0.4, -0.2) is 12.1 Å². The summed E-state index contributed by atoms with van der Waals surface area (Å²) in [5.41, 5.74) is 7.30. The molecule has 0 spiro atoms. The van der Waals surface area contributed by atoms with E-state index in [1.54, 1.807) is 25.3 Å². The van der Waals surface area contributed by atoms with Gasteiger partial charge in [0.05, 0.1) is 17.3 Å². The number of fused-ring (bicyclic) bond motifs is 1. The van der Waals surface area contributed by atoms with E-state index in [0.717, 1.165) is 10.2 Å². The van der Waals surface area contributed by atoms with Gasteiger partial charge in [0, 0.05) is 11.8 Å². The van der Waals surface area contributed by atoms with Gasteiger partial charge in [-0.2, -0.15) is 0 Å². The number of anilines is 1. The molecule has 0 bridgehead atoms. The SMILES string of the molecule is COc1ccc(N)cc1Oc1nc2ccccc2s1. The van der Waals surface area contributed by atoms with Crippen LogP contribution < -0.4 is 15.2 Å². The van der Waals surface area contributed by atoms with Gasteiger partial charge in [-0.15, -0.1) is 0 Å². The summed E-state index contributed by atoms with van der Waals surface area (Å²) in [5.74, 6) is 1.20. The van der Waals surface area contributed by atoms with Crippen molar-refractivity contribution < 1.29 is 9.47 Å². The zero-order chi connectivity index (χ0) is 13.2. The Morgan fingerprint density at radius 1 is 1.11 bits per heavy atom. The van der Waals surface area contributed by atoms with E-state index >= 15 is 0 Å². The molecule has 3 rings (SSSR count). The lowest BCUT2D eigenvalue weighted by Gasteiger charge is -2.08. The second-order valence-electron chi connectivity index (χ2n) is 3.96. The first-order chi connectivity index (χ1) is 9.26. The van der Waals surface area contributed by atoms with Gasteiger partial charge in [0.25, 0.3) is 5.19 Å². The average Bonchev–Trinajstić information content (AvgIpc) is 2.81. The highest BCUT2D eigenvalue weighted by atomic mass is 32.1. The van der Waals surface area contributed by atoms with Gasteiger partial charge in [0.2, 0.25) is 0 Å². The zero-order valence-electron chi connectivity index (χ0n) is 10.3. The number of nitrogens with two attached hydrogens (primary N) is 1. The molecule has 0 amide bonds. The summed E-state index contributed by atoms with van der Waals surface area (Å²) in [6, 6.07) is 13.2. The highest BCUT2D eigenvalue weighted by molar-refractivity contribution is 7.20. The molecule has 0 aliphatic heterocycles. The van der Waals surface area contributed by atoms with E-state index in [9.17, 15) is 0 Å². The molecule has 0 atom stereocenters. The Labute approximate surface area is 114 Å². The summed E-state index contributed by atoms with van der Waals surface area (Å²) in [6.07, 6.45) is 0. The molecule has 0 saturated carbocycles. The second kappa shape index (κ2) is 4.78. The maximum Gasteiger partial charge on any atom is 0.279 e. The van der Waals surface area contributed by atoms with Crippen LogP contribution in [0.15, 0.2) is 42.5 Å². The van der Waals surface area contributed by atoms with E-state index in [1.807, 2.05) is 24.3 Å². The Bertz CT molecular complexity index is 691. The van der Waals surface area contributed by atoms with Crippen LogP contribution in [0.1, 0.15) is 0 Å². The molecule has 2 N–H and O–H groups in total. The summed E-state index contributed by atoms with van der Waals surface area (Å²) < 4.78 is 12.1. The van der Waals surface area contributed by atoms with Crippen molar-refractivity contribution in [2.24, 2.45) is 0 Å². The van der Waals surface area contributed by atoms with Gasteiger partial charge in [0.1, 0.15) is 0 Å². The molecule has 0 saturated heterocycles. The molecular formula is C14H12N2O2S. The van der Waals surface area contributed by atoms with Gasteiger partial charge in [-0.1, -0.05) is 23.5 Å². The van der Waals surface area contributed by atoms with Gasteiger partial charge in [0.15, 0.2) is 11.5 Å². The standard InChI is InChI=1S/C14H12N2O2S/c1-17-11-7-6-9(15)8-12(11)18-14-16-10-4-2-3-5-13(10)19-14/h2-8H,15H2,1H3. The van der Waals surface area contributed by atoms with Crippen molar-refractivity contribution in [1.29, 1.82) is 0 Å². The van der Waals surface area contributed by atoms with Crippen molar-refractivity contribution in [3.8, 4) is 16.7 Å². The molecule has 5 heteroatoms. The van der Waals surface area contributed by atoms with E-state index in [2.05, 4.69) is 4.98 Å². The highest BCUT2D eigenvalue weighted by Gasteiger charge is 2.10. The van der Waals surface area contributed by atoms with Crippen molar-refractivity contribution in [3.63, 3.8) is 0 Å². The maximum absolute atomic E-state index is 5.77. The topological polar surface area (TPSA) is 57.4 Å². The molecule has 3 aromatic rings. The third-order valence-electron chi connectivity index (χ3n) is 2.66. The van der Waals surface area contributed by atoms with Gasteiger partial charge >= 0.3 is 0 Å². The third kappa shape index (κ3) is 2.32. The fourth-order valence-corrected chi connectivity index (χ4v) is 2.59. The summed E-state index contributed by atoms with van der Waals surface area (Å²) >= 11 is 1.49. The number of nitrogen functional groups attached to an aromatic ring is 1. The average molecular weight is 272 g/mol. The molecule has 0 aliphatic rings. The lowest BCUT2D eigenvalue weighted by atomic mass is 10.3. The number of aromatic nitrogens is 1. The van der Waals surface area contributed by atoms with E-state index in [0.29, 0.717) is 22.4 Å². The fraction of sp³-hybridized carbons (Fsp3) is 0.0714. The minimum Gasteiger partial charge on any atom is -0.493 e. The highest BCUT2D eigenvalue weighted by Crippen LogP contribution is 2.36. The first-order valence-electron chi connectivity index (χ1n) is 5.73. The molecule has 0 unspecified atom stereocenters. The second-order valence-corrected chi connectivity index (χ2v) is 4.95. The van der Waals surface area contributed by atoms with E-state index in [-0.39, 0.29) is 0 Å². The van der Waals surface area contributed by atoms with Crippen LogP contribution in [0.25, 0.3) is 10.2 Å². The summed E-state index contributed by atoms with van der Waals surface area (Å²) in [4.78, 5) is 4.41. The third-order valence-corrected chi connectivity index (χ3v) is 3.57. The van der Waals surface area contributed by atoms with Crippen molar-refractivity contribution in [2.45, 2.75) is 0 Å². The Balaban J connectivity index is 1.98. The van der Waals surface area contributed by atoms with Crippen LogP contribution in [0.2, 0.25) is 0 Å². The van der Waals surface area contributed by atoms with Crippen molar-refractivity contribution in [2.75, 3.05) is 12.8 Å². The summed E-state index contributed by atoms with van der Waals surface area (Å²) in [6.45, 7) is 0. The Morgan fingerprint density at radius 2 is 1.95 bits per heavy atom. The molecule has 1 heterocycles. The zero-order valence-corrected chi connectivity index (χ0v) is 11.1. The van der Waals surface area contributed by atoms with Gasteiger partial charge < -0.3 is 15.2 Å². The molecular weight excluding hydrogens is 260 g/mol. The van der Waals surface area contributed by atoms with Crippen LogP contribution in [0, 0.1) is 0 Å². The van der Waals surface area contributed by atoms with Gasteiger partial charge in [-0.25, -0.2) is 4.98 Å². The number of thiazole rings is 1. The van der Waals surface area contributed by atoms with Crippen LogP contribution in [0.5, 0.6) is 16.7 Å². The quantitative estimate of drug-likeness (QED) is 0.739. The summed E-state index contributed by atoms with van der Waals surface area (Å²) in [7, 11) is 1.59. The number of hydrogen-bond donors (Lipinski definition) is 1. The van der Waals surface area contributed by atoms with Crippen molar-refractivity contribution in [3.05, 3.63) is 42.5 Å². The summed E-state index contributed by atoms with van der Waals surface area (Å²) in [5, 5.41) is 0.574. The number of hydrogen-bond acceptors (Lipinski definition) is 5. The van der Waals surface area contributed by atoms with Crippen molar-refractivity contribution in [1.82, 2.24) is 4.98 Å². The van der Waals surface area contributed by atoms with Crippen LogP contribution >= 0.6 is 11.3 Å². The Kier molecular flexibility index (Phi) is 2.97. The lowest BCUT2D eigenvalue weighted by molar-refractivity contribution is 0.378. The molecule has 0 aliphatic carbocycles. The number of ether oxygens (including phenoxy) is 2. The van der Waals surface area contributed by atoms with E-state index in [1.165, 1.54) is 11.3 Å². The predicted molar refractivity (Wildman–Crippen MR) is 77.1 cm³/mol. The van der Waals surface area contributed by atoms with Crippen molar-refractivity contribution >= 4 is 27.2 Å². The largest absolute Gasteiger partial charge is 0.493 e. The van der Waals surface area contributed by atoms with E-state index < -0.39 is 0 Å². The molecule has 1 aromatic heterocycles. The van der Waals surface area contributed by atoms with Crippen LogP contribution in [-0.2, 0) is 0 Å². The van der Waals surface area contributed by atoms with Crippen LogP contribution in [0.4, 0.5) is 5.69 Å². The Hall–Kier alpha value is -2.27. The smallest absolute Gasteiger partial charge is 0.279 e. The number of para-hydroxylation sites is 1. The normalized spacial score (nSPS) is 10.6. The van der Waals surface area contributed by atoms with Gasteiger partial charge in [-0.05, 0) is 24.3 Å². The van der Waals surface area contributed by atoms with E-state index in [4.69, 9.17) is 15.2 Å². The number of rotatable bonds is 3. The maximum atomic E-state index is 5.77. The molecule has 19 heavy (non-hydrogen) atoms. The first kappa shape index (κ1) is 11.8. The monoisotopic (exact) mass is 272 g/mol. The lowest BCUT2D eigenvalue weighted by Crippen LogP contribution is -1.92. The fourth-order valence-electron chi connectivity index (χ4n) is 1.76. The minimum atomic E-state index is 0.571. The van der Waals surface area contributed by atoms with Gasteiger partial charge in [-0.3, -0.25) is 0 Å². The molecule has 4 nitrogen and oxygen atoms in total.